The molecule has 9 heteroatoms. The van der Waals surface area contributed by atoms with Crippen LogP contribution in [0.4, 0.5) is 21.1 Å². The molecule has 4 amide bonds. The van der Waals surface area contributed by atoms with Gasteiger partial charge in [-0.1, -0.05) is 36.6 Å². The maximum absolute atomic E-state index is 12.4. The fraction of sp³-hybridized carbons (Fsp3) is 0.364. The fourth-order valence-electron chi connectivity index (χ4n) is 4.68. The van der Waals surface area contributed by atoms with Gasteiger partial charge < -0.3 is 4.74 Å². The standard InChI is InChI=1S/C22H21ClN4O4/c23-19-15(4-3-5-16(19)26-11-8-18(28)25-20(26)29)14-6-7-17(24-12-14)27-21(30)31-13-22(27)9-1-2-10-22/h3-7,12H,1-2,8-11,13H2,(H,25,28,29). The van der Waals surface area contributed by atoms with Crippen LogP contribution in [0, 0.1) is 0 Å². The molecular formula is C22H21ClN4O4. The summed E-state index contributed by atoms with van der Waals surface area (Å²) in [4.78, 5) is 43.8. The summed E-state index contributed by atoms with van der Waals surface area (Å²) in [6, 6.07) is 8.57. The zero-order valence-corrected chi connectivity index (χ0v) is 17.5. The number of halogens is 1. The molecule has 0 atom stereocenters. The van der Waals surface area contributed by atoms with Gasteiger partial charge in [-0.2, -0.15) is 0 Å². The van der Waals surface area contributed by atoms with Gasteiger partial charge in [-0.25, -0.2) is 14.6 Å². The van der Waals surface area contributed by atoms with Gasteiger partial charge in [0.15, 0.2) is 0 Å². The average Bonchev–Trinajstić information content (AvgIpc) is 3.36. The van der Waals surface area contributed by atoms with Crippen molar-refractivity contribution in [3.63, 3.8) is 0 Å². The van der Waals surface area contributed by atoms with Gasteiger partial charge in [0.1, 0.15) is 12.4 Å². The molecule has 1 spiro atoms. The molecule has 2 saturated heterocycles. The highest BCUT2D eigenvalue weighted by molar-refractivity contribution is 6.36. The molecule has 1 aliphatic carbocycles. The Labute approximate surface area is 184 Å². The number of benzene rings is 1. The molecule has 0 bridgehead atoms. The summed E-state index contributed by atoms with van der Waals surface area (Å²) in [6.07, 6.45) is 5.51. The summed E-state index contributed by atoms with van der Waals surface area (Å²) in [5, 5.41) is 2.71. The lowest BCUT2D eigenvalue weighted by Crippen LogP contribution is -2.49. The largest absolute Gasteiger partial charge is 0.447 e. The van der Waals surface area contributed by atoms with E-state index in [4.69, 9.17) is 16.3 Å². The van der Waals surface area contributed by atoms with Crippen LogP contribution in [0.25, 0.3) is 11.1 Å². The van der Waals surface area contributed by atoms with Gasteiger partial charge in [0.2, 0.25) is 5.91 Å². The lowest BCUT2D eigenvalue weighted by atomic mass is 9.97. The normalized spacial score (nSPS) is 20.4. The van der Waals surface area contributed by atoms with Crippen LogP contribution >= 0.6 is 11.6 Å². The highest BCUT2D eigenvalue weighted by Crippen LogP contribution is 2.42. The molecule has 1 N–H and O–H groups in total. The number of hydrogen-bond acceptors (Lipinski definition) is 5. The van der Waals surface area contributed by atoms with Gasteiger partial charge in [-0.3, -0.25) is 19.9 Å². The number of pyridine rings is 1. The molecule has 3 fully saturated rings. The summed E-state index contributed by atoms with van der Waals surface area (Å²) in [5.74, 6) is 0.267. The first-order chi connectivity index (χ1) is 15.0. The van der Waals surface area contributed by atoms with Crippen LogP contribution in [0.2, 0.25) is 5.02 Å². The van der Waals surface area contributed by atoms with Crippen molar-refractivity contribution in [3.8, 4) is 11.1 Å². The van der Waals surface area contributed by atoms with E-state index in [1.54, 1.807) is 29.3 Å². The van der Waals surface area contributed by atoms with E-state index in [-0.39, 0.29) is 30.5 Å². The third-order valence-corrected chi connectivity index (χ3v) is 6.66. The first kappa shape index (κ1) is 19.8. The number of imide groups is 1. The van der Waals surface area contributed by atoms with Crippen molar-refractivity contribution in [2.24, 2.45) is 0 Å². The number of carbonyl (C=O) groups is 3. The van der Waals surface area contributed by atoms with Gasteiger partial charge >= 0.3 is 12.1 Å². The second-order valence-corrected chi connectivity index (χ2v) is 8.50. The number of aromatic nitrogens is 1. The number of rotatable bonds is 3. The van der Waals surface area contributed by atoms with Crippen molar-refractivity contribution in [1.82, 2.24) is 10.3 Å². The Kier molecular flexibility index (Phi) is 4.81. The number of anilines is 2. The van der Waals surface area contributed by atoms with E-state index >= 15 is 0 Å². The van der Waals surface area contributed by atoms with Crippen LogP contribution in [0.1, 0.15) is 32.1 Å². The van der Waals surface area contributed by atoms with Crippen molar-refractivity contribution in [2.75, 3.05) is 23.0 Å². The molecule has 1 saturated carbocycles. The van der Waals surface area contributed by atoms with Gasteiger partial charge in [0.25, 0.3) is 0 Å². The summed E-state index contributed by atoms with van der Waals surface area (Å²) in [5.41, 5.74) is 1.71. The average molecular weight is 441 g/mol. The molecule has 0 unspecified atom stereocenters. The number of ether oxygens (including phenoxy) is 1. The van der Waals surface area contributed by atoms with Crippen LogP contribution in [0.15, 0.2) is 36.5 Å². The molecule has 2 aromatic rings. The van der Waals surface area contributed by atoms with Crippen molar-refractivity contribution in [3.05, 3.63) is 41.6 Å². The minimum Gasteiger partial charge on any atom is -0.447 e. The smallest absolute Gasteiger partial charge is 0.416 e. The van der Waals surface area contributed by atoms with E-state index in [1.165, 1.54) is 4.90 Å². The second-order valence-electron chi connectivity index (χ2n) is 8.12. The Morgan fingerprint density at radius 2 is 1.90 bits per heavy atom. The number of amides is 4. The van der Waals surface area contributed by atoms with Crippen LogP contribution in [-0.4, -0.2) is 41.7 Å². The number of nitrogens with zero attached hydrogens (tertiary/aromatic N) is 3. The topological polar surface area (TPSA) is 91.8 Å². The lowest BCUT2D eigenvalue weighted by molar-refractivity contribution is -0.120. The molecule has 8 nitrogen and oxygen atoms in total. The number of hydrogen-bond donors (Lipinski definition) is 1. The van der Waals surface area contributed by atoms with Gasteiger partial charge in [0.05, 0.1) is 16.2 Å². The Morgan fingerprint density at radius 3 is 2.61 bits per heavy atom. The summed E-state index contributed by atoms with van der Waals surface area (Å²) < 4.78 is 5.35. The minimum absolute atomic E-state index is 0.218. The zero-order chi connectivity index (χ0) is 21.6. The van der Waals surface area contributed by atoms with Gasteiger partial charge in [-0.15, -0.1) is 0 Å². The molecule has 3 aliphatic rings. The predicted molar refractivity (Wildman–Crippen MR) is 115 cm³/mol. The first-order valence-electron chi connectivity index (χ1n) is 10.3. The Morgan fingerprint density at radius 1 is 1.10 bits per heavy atom. The molecule has 31 heavy (non-hydrogen) atoms. The molecule has 160 valence electrons. The zero-order valence-electron chi connectivity index (χ0n) is 16.8. The summed E-state index contributed by atoms with van der Waals surface area (Å²) in [7, 11) is 0. The van der Waals surface area contributed by atoms with Gasteiger partial charge in [0, 0.05) is 30.3 Å². The highest BCUT2D eigenvalue weighted by Gasteiger charge is 2.50. The fourth-order valence-corrected chi connectivity index (χ4v) is 5.02. The van der Waals surface area contributed by atoms with Crippen LogP contribution < -0.4 is 15.1 Å². The van der Waals surface area contributed by atoms with E-state index in [0.717, 1.165) is 31.2 Å². The molecule has 5 rings (SSSR count). The van der Waals surface area contributed by atoms with E-state index in [1.807, 2.05) is 12.1 Å². The minimum atomic E-state index is -0.488. The van der Waals surface area contributed by atoms with Crippen molar-refractivity contribution >= 4 is 41.1 Å². The third kappa shape index (κ3) is 3.31. The van der Waals surface area contributed by atoms with Crippen LogP contribution in [0.5, 0.6) is 0 Å². The lowest BCUT2D eigenvalue weighted by Gasteiger charge is -2.30. The van der Waals surface area contributed by atoms with Crippen molar-refractivity contribution in [1.29, 1.82) is 0 Å². The monoisotopic (exact) mass is 440 g/mol. The van der Waals surface area contributed by atoms with E-state index < -0.39 is 6.03 Å². The number of nitrogens with one attached hydrogen (secondary N) is 1. The summed E-state index contributed by atoms with van der Waals surface area (Å²) >= 11 is 6.65. The highest BCUT2D eigenvalue weighted by atomic mass is 35.5. The number of cyclic esters (lactones) is 1. The Balaban J connectivity index is 1.45. The van der Waals surface area contributed by atoms with Crippen LogP contribution in [0.3, 0.4) is 0 Å². The maximum atomic E-state index is 12.4. The van der Waals surface area contributed by atoms with E-state index in [2.05, 4.69) is 10.3 Å². The molecule has 1 aromatic carbocycles. The maximum Gasteiger partial charge on any atom is 0.416 e. The number of carbonyl (C=O) groups excluding carboxylic acids is 3. The van der Waals surface area contributed by atoms with E-state index in [9.17, 15) is 14.4 Å². The van der Waals surface area contributed by atoms with Crippen molar-refractivity contribution in [2.45, 2.75) is 37.6 Å². The molecule has 0 radical (unpaired) electrons. The second kappa shape index (κ2) is 7.53. The third-order valence-electron chi connectivity index (χ3n) is 6.27. The molecular weight excluding hydrogens is 420 g/mol. The Bertz CT molecular complexity index is 1070. The molecule has 2 aliphatic heterocycles. The predicted octanol–water partition coefficient (Wildman–Crippen LogP) is 4.12. The van der Waals surface area contributed by atoms with Crippen molar-refractivity contribution < 1.29 is 19.1 Å². The summed E-state index contributed by atoms with van der Waals surface area (Å²) in [6.45, 7) is 0.674. The quantitative estimate of drug-likeness (QED) is 0.775. The number of urea groups is 1. The first-order valence-corrected chi connectivity index (χ1v) is 10.7. The van der Waals surface area contributed by atoms with Crippen LogP contribution in [-0.2, 0) is 9.53 Å². The molecule has 1 aromatic heterocycles. The molecule has 3 heterocycles. The van der Waals surface area contributed by atoms with E-state index in [0.29, 0.717) is 28.7 Å². The SMILES string of the molecule is O=C1CCN(c2cccc(-c3ccc(N4C(=O)OCC45CCCC5)nc3)c2Cl)C(=O)N1. The Hall–Kier alpha value is -3.13. The van der Waals surface area contributed by atoms with Gasteiger partial charge in [-0.05, 0) is 31.0 Å².